The van der Waals surface area contributed by atoms with Gasteiger partial charge in [-0.25, -0.2) is 9.97 Å². The van der Waals surface area contributed by atoms with Crippen LogP contribution in [0.3, 0.4) is 0 Å². The monoisotopic (exact) mass is 387 g/mol. The highest BCUT2D eigenvalue weighted by Crippen LogP contribution is 2.16. The topological polar surface area (TPSA) is 78.4 Å². The maximum Gasteiger partial charge on any atom is 0.270 e. The van der Waals surface area contributed by atoms with Gasteiger partial charge in [0.1, 0.15) is 5.69 Å². The van der Waals surface area contributed by atoms with Crippen LogP contribution in [0, 0.1) is 6.92 Å². The molecule has 0 bridgehead atoms. The van der Waals surface area contributed by atoms with Gasteiger partial charge in [0.15, 0.2) is 0 Å². The van der Waals surface area contributed by atoms with E-state index in [-0.39, 0.29) is 11.8 Å². The van der Waals surface area contributed by atoms with Crippen molar-refractivity contribution in [3.05, 3.63) is 52.3 Å². The molecule has 1 aliphatic heterocycles. The Bertz CT molecular complexity index is 850. The lowest BCUT2D eigenvalue weighted by molar-refractivity contribution is -0.129. The van der Waals surface area contributed by atoms with Crippen LogP contribution in [0.4, 0.5) is 5.95 Å². The summed E-state index contributed by atoms with van der Waals surface area (Å²) in [6.07, 6.45) is 0. The zero-order valence-electron chi connectivity index (χ0n) is 15.4. The fraction of sp³-hybridized carbons (Fsp3) is 0.368. The van der Waals surface area contributed by atoms with Crippen molar-refractivity contribution >= 4 is 29.4 Å². The van der Waals surface area contributed by atoms with E-state index in [9.17, 15) is 9.59 Å². The average molecular weight is 388 g/mol. The second kappa shape index (κ2) is 8.35. The van der Waals surface area contributed by atoms with E-state index in [1.807, 2.05) is 30.0 Å². The Morgan fingerprint density at radius 1 is 1.15 bits per heavy atom. The Labute approximate surface area is 163 Å². The Hall–Kier alpha value is -2.67. The van der Waals surface area contributed by atoms with Gasteiger partial charge in [-0.2, -0.15) is 0 Å². The van der Waals surface area contributed by atoms with E-state index in [4.69, 9.17) is 11.6 Å². The van der Waals surface area contributed by atoms with Crippen molar-refractivity contribution in [2.75, 3.05) is 31.1 Å². The molecular weight excluding hydrogens is 366 g/mol. The molecule has 8 heteroatoms. The molecule has 0 saturated carbocycles. The molecule has 1 fully saturated rings. The van der Waals surface area contributed by atoms with Crippen molar-refractivity contribution in [3.63, 3.8) is 0 Å². The summed E-state index contributed by atoms with van der Waals surface area (Å²) in [6.45, 7) is 6.27. The van der Waals surface area contributed by atoms with Crippen LogP contribution in [0.2, 0.25) is 5.02 Å². The number of carbonyl (C=O) groups excluding carboxylic acids is 2. The van der Waals surface area contributed by atoms with Crippen molar-refractivity contribution in [2.24, 2.45) is 0 Å². The van der Waals surface area contributed by atoms with Crippen LogP contribution in [0.25, 0.3) is 0 Å². The lowest BCUT2D eigenvalue weighted by Crippen LogP contribution is -2.48. The highest BCUT2D eigenvalue weighted by molar-refractivity contribution is 6.31. The fourth-order valence-electron chi connectivity index (χ4n) is 2.94. The number of piperazine rings is 1. The summed E-state index contributed by atoms with van der Waals surface area (Å²) in [6, 6.07) is 9.04. The normalized spacial score (nSPS) is 14.2. The largest absolute Gasteiger partial charge is 0.347 e. The molecule has 0 atom stereocenters. The van der Waals surface area contributed by atoms with Crippen LogP contribution in [0.1, 0.15) is 28.7 Å². The predicted octanol–water partition coefficient (Wildman–Crippen LogP) is 2.04. The Morgan fingerprint density at radius 2 is 1.85 bits per heavy atom. The van der Waals surface area contributed by atoms with Gasteiger partial charge < -0.3 is 15.1 Å². The lowest BCUT2D eigenvalue weighted by atomic mass is 10.2. The molecule has 1 saturated heterocycles. The molecule has 1 aliphatic rings. The van der Waals surface area contributed by atoms with Gasteiger partial charge in [0.2, 0.25) is 11.9 Å². The van der Waals surface area contributed by atoms with E-state index >= 15 is 0 Å². The maximum absolute atomic E-state index is 12.5. The summed E-state index contributed by atoms with van der Waals surface area (Å²) >= 11 is 6.13. The number of anilines is 1. The molecule has 0 unspecified atom stereocenters. The lowest BCUT2D eigenvalue weighted by Gasteiger charge is -2.34. The summed E-state index contributed by atoms with van der Waals surface area (Å²) in [5.74, 6) is 0.310. The van der Waals surface area contributed by atoms with E-state index in [0.717, 1.165) is 11.3 Å². The minimum absolute atomic E-state index is 0.0689. The Balaban J connectivity index is 1.69. The van der Waals surface area contributed by atoms with Crippen LogP contribution >= 0.6 is 11.6 Å². The average Bonchev–Trinajstić information content (AvgIpc) is 2.66. The minimum Gasteiger partial charge on any atom is -0.347 e. The number of nitrogens with one attached hydrogen (secondary N) is 1. The van der Waals surface area contributed by atoms with Crippen molar-refractivity contribution < 1.29 is 9.59 Å². The molecule has 0 spiro atoms. The van der Waals surface area contributed by atoms with Gasteiger partial charge in [0.25, 0.3) is 5.91 Å². The van der Waals surface area contributed by atoms with Crippen LogP contribution in [-0.2, 0) is 11.3 Å². The van der Waals surface area contributed by atoms with Crippen molar-refractivity contribution in [2.45, 2.75) is 20.4 Å². The molecule has 1 aromatic carbocycles. The van der Waals surface area contributed by atoms with Gasteiger partial charge in [0, 0.05) is 50.4 Å². The van der Waals surface area contributed by atoms with Gasteiger partial charge >= 0.3 is 0 Å². The summed E-state index contributed by atoms with van der Waals surface area (Å²) in [5.41, 5.74) is 1.88. The van der Waals surface area contributed by atoms with Gasteiger partial charge in [-0.3, -0.25) is 9.59 Å². The molecule has 27 heavy (non-hydrogen) atoms. The van der Waals surface area contributed by atoms with Gasteiger partial charge in [0.05, 0.1) is 0 Å². The molecule has 3 rings (SSSR count). The predicted molar refractivity (Wildman–Crippen MR) is 104 cm³/mol. The van der Waals surface area contributed by atoms with E-state index in [1.54, 1.807) is 24.0 Å². The second-order valence-electron chi connectivity index (χ2n) is 6.46. The SMILES string of the molecule is CC(=O)N1CCN(c2nc(C)cc(C(=O)NCc3ccccc3Cl)n2)CC1. The number of hydrogen-bond donors (Lipinski definition) is 1. The number of halogens is 1. The molecule has 0 aliphatic carbocycles. The van der Waals surface area contributed by atoms with E-state index < -0.39 is 0 Å². The van der Waals surface area contributed by atoms with Gasteiger partial charge in [-0.1, -0.05) is 29.8 Å². The third-order valence-electron chi connectivity index (χ3n) is 4.48. The number of aromatic nitrogens is 2. The van der Waals surface area contributed by atoms with Crippen LogP contribution in [0.15, 0.2) is 30.3 Å². The molecule has 1 N–H and O–H groups in total. The first-order valence-electron chi connectivity index (χ1n) is 8.82. The van der Waals surface area contributed by atoms with Crippen molar-refractivity contribution in [1.29, 1.82) is 0 Å². The Morgan fingerprint density at radius 3 is 2.52 bits per heavy atom. The molecule has 2 amide bonds. The Kier molecular flexibility index (Phi) is 5.91. The number of benzene rings is 1. The second-order valence-corrected chi connectivity index (χ2v) is 6.87. The quantitative estimate of drug-likeness (QED) is 0.868. The molecule has 2 aromatic rings. The molecule has 7 nitrogen and oxygen atoms in total. The number of aryl methyl sites for hydroxylation is 1. The van der Waals surface area contributed by atoms with E-state index in [2.05, 4.69) is 15.3 Å². The molecule has 0 radical (unpaired) electrons. The van der Waals surface area contributed by atoms with Crippen molar-refractivity contribution in [3.8, 4) is 0 Å². The summed E-state index contributed by atoms with van der Waals surface area (Å²) in [4.78, 5) is 36.7. The van der Waals surface area contributed by atoms with E-state index in [0.29, 0.717) is 49.4 Å². The van der Waals surface area contributed by atoms with Crippen LogP contribution < -0.4 is 10.2 Å². The van der Waals surface area contributed by atoms with Gasteiger partial charge in [-0.05, 0) is 24.6 Å². The highest BCUT2D eigenvalue weighted by Gasteiger charge is 2.22. The summed E-state index contributed by atoms with van der Waals surface area (Å²) < 4.78 is 0. The zero-order valence-corrected chi connectivity index (χ0v) is 16.2. The highest BCUT2D eigenvalue weighted by atomic mass is 35.5. The first-order valence-corrected chi connectivity index (χ1v) is 9.19. The molecular formula is C19H22ClN5O2. The molecule has 1 aromatic heterocycles. The number of hydrogen-bond acceptors (Lipinski definition) is 5. The van der Waals surface area contributed by atoms with E-state index in [1.165, 1.54) is 0 Å². The zero-order chi connectivity index (χ0) is 19.4. The summed E-state index contributed by atoms with van der Waals surface area (Å²) in [5, 5.41) is 3.46. The van der Waals surface area contributed by atoms with Crippen LogP contribution in [-0.4, -0.2) is 52.9 Å². The first kappa shape index (κ1) is 19.1. The third-order valence-corrected chi connectivity index (χ3v) is 4.85. The standard InChI is InChI=1S/C19H22ClN5O2/c1-13-11-17(18(27)21-12-15-5-3-4-6-16(15)20)23-19(22-13)25-9-7-24(8-10-25)14(2)26/h3-6,11H,7-10,12H2,1-2H3,(H,21,27). The number of amides is 2. The fourth-order valence-corrected chi connectivity index (χ4v) is 3.14. The molecule has 142 valence electrons. The summed E-state index contributed by atoms with van der Waals surface area (Å²) in [7, 11) is 0. The first-order chi connectivity index (χ1) is 12.9. The van der Waals surface area contributed by atoms with Crippen molar-refractivity contribution in [1.82, 2.24) is 20.2 Å². The number of carbonyl (C=O) groups is 2. The third kappa shape index (κ3) is 4.74. The number of nitrogens with zero attached hydrogens (tertiary/aromatic N) is 4. The molecule has 2 heterocycles. The number of rotatable bonds is 4. The van der Waals surface area contributed by atoms with Crippen LogP contribution in [0.5, 0.6) is 0 Å². The maximum atomic E-state index is 12.5. The van der Waals surface area contributed by atoms with Gasteiger partial charge in [-0.15, -0.1) is 0 Å². The minimum atomic E-state index is -0.274. The smallest absolute Gasteiger partial charge is 0.270 e.